The third-order valence-electron chi connectivity index (χ3n) is 4.30. The Morgan fingerprint density at radius 3 is 2.68 bits per heavy atom. The van der Waals surface area contributed by atoms with Crippen molar-refractivity contribution >= 4 is 23.5 Å². The zero-order chi connectivity index (χ0) is 17.2. The zero-order valence-corrected chi connectivity index (χ0v) is 14.5. The third-order valence-corrected chi connectivity index (χ3v) is 4.87. The monoisotopic (exact) mass is 351 g/mol. The maximum atomic E-state index is 12.2. The van der Waals surface area contributed by atoms with E-state index in [0.717, 1.165) is 27.7 Å². The number of carbonyl (C=O) groups excluding carboxylic acids is 1. The van der Waals surface area contributed by atoms with Gasteiger partial charge in [0.1, 0.15) is 5.82 Å². The van der Waals surface area contributed by atoms with Crippen LogP contribution in [-0.4, -0.2) is 31.9 Å². The van der Waals surface area contributed by atoms with E-state index < -0.39 is 0 Å². The molecule has 0 saturated carbocycles. The molecular weight excluding hydrogens is 334 g/mol. The van der Waals surface area contributed by atoms with Crippen molar-refractivity contribution in [1.82, 2.24) is 19.7 Å². The van der Waals surface area contributed by atoms with E-state index in [1.54, 1.807) is 12.4 Å². The molecule has 1 aliphatic heterocycles. The minimum atomic E-state index is -0.0656. The predicted molar refractivity (Wildman–Crippen MR) is 96.7 cm³/mol. The fourth-order valence-electron chi connectivity index (χ4n) is 3.06. The number of carbonyl (C=O) groups is 1. The average Bonchev–Trinajstić information content (AvgIpc) is 3.04. The summed E-state index contributed by atoms with van der Waals surface area (Å²) in [4.78, 5) is 20.9. The van der Waals surface area contributed by atoms with Crippen molar-refractivity contribution in [3.63, 3.8) is 0 Å². The molecule has 0 fully saturated rings. The van der Waals surface area contributed by atoms with Gasteiger partial charge in [0.2, 0.25) is 5.91 Å². The lowest BCUT2D eigenvalue weighted by Crippen LogP contribution is -2.25. The van der Waals surface area contributed by atoms with Gasteiger partial charge in [0.15, 0.2) is 5.16 Å². The maximum Gasteiger partial charge on any atom is 0.226 e. The molecule has 3 aromatic rings. The first-order chi connectivity index (χ1) is 12.2. The highest BCUT2D eigenvalue weighted by Crippen LogP contribution is 2.36. The van der Waals surface area contributed by atoms with Gasteiger partial charge in [-0.15, -0.1) is 0 Å². The zero-order valence-electron chi connectivity index (χ0n) is 13.7. The standard InChI is InChI=1S/C18H17N5OS/c1-25-18-19-8-13(9-20-18)14-7-16(24)22-17-15(14)10-21-23(17)11-12-5-3-2-4-6-12/h2-6,8-10,14H,7,11H2,1H3,(H,22,24). The molecule has 4 rings (SSSR count). The molecule has 7 heteroatoms. The summed E-state index contributed by atoms with van der Waals surface area (Å²) in [6, 6.07) is 10.1. The van der Waals surface area contributed by atoms with E-state index in [4.69, 9.17) is 0 Å². The van der Waals surface area contributed by atoms with Gasteiger partial charge in [-0.25, -0.2) is 14.6 Å². The van der Waals surface area contributed by atoms with Crippen LogP contribution >= 0.6 is 11.8 Å². The molecule has 1 unspecified atom stereocenters. The number of benzene rings is 1. The van der Waals surface area contributed by atoms with Gasteiger partial charge in [-0.3, -0.25) is 4.79 Å². The van der Waals surface area contributed by atoms with Crippen molar-refractivity contribution in [3.8, 4) is 0 Å². The highest BCUT2D eigenvalue weighted by atomic mass is 32.2. The Hall–Kier alpha value is -2.67. The molecule has 6 nitrogen and oxygen atoms in total. The minimum absolute atomic E-state index is 0.0127. The number of fused-ring (bicyclic) bond motifs is 1. The minimum Gasteiger partial charge on any atom is -0.311 e. The first kappa shape index (κ1) is 15.8. The van der Waals surface area contributed by atoms with E-state index in [-0.39, 0.29) is 11.8 Å². The van der Waals surface area contributed by atoms with Gasteiger partial charge in [0.05, 0.1) is 12.7 Å². The van der Waals surface area contributed by atoms with Crippen LogP contribution in [-0.2, 0) is 11.3 Å². The molecular formula is C18H17N5OS. The van der Waals surface area contributed by atoms with E-state index in [0.29, 0.717) is 13.0 Å². The SMILES string of the molecule is CSc1ncc(C2CC(=O)Nc3c2cnn3Cc2ccccc2)cn1. The quantitative estimate of drug-likeness (QED) is 0.578. The molecule has 0 spiro atoms. The van der Waals surface area contributed by atoms with Crippen LogP contribution in [0.3, 0.4) is 0 Å². The molecule has 2 aromatic heterocycles. The third kappa shape index (κ3) is 3.15. The summed E-state index contributed by atoms with van der Waals surface area (Å²) in [7, 11) is 0. The summed E-state index contributed by atoms with van der Waals surface area (Å²) in [5.41, 5.74) is 3.08. The van der Waals surface area contributed by atoms with Crippen LogP contribution in [0.1, 0.15) is 29.0 Å². The van der Waals surface area contributed by atoms with Crippen molar-refractivity contribution in [1.29, 1.82) is 0 Å². The lowest BCUT2D eigenvalue weighted by atomic mass is 9.89. The molecule has 1 aromatic carbocycles. The van der Waals surface area contributed by atoms with E-state index in [9.17, 15) is 4.79 Å². The number of nitrogens with one attached hydrogen (secondary N) is 1. The molecule has 126 valence electrons. The van der Waals surface area contributed by atoms with Crippen molar-refractivity contribution in [2.45, 2.75) is 24.0 Å². The van der Waals surface area contributed by atoms with E-state index in [1.165, 1.54) is 11.8 Å². The van der Waals surface area contributed by atoms with Crippen LogP contribution in [0.2, 0.25) is 0 Å². The first-order valence-corrected chi connectivity index (χ1v) is 9.22. The van der Waals surface area contributed by atoms with Crippen molar-refractivity contribution < 1.29 is 4.79 Å². The maximum absolute atomic E-state index is 12.2. The number of amides is 1. The molecule has 1 N–H and O–H groups in total. The summed E-state index contributed by atoms with van der Waals surface area (Å²) >= 11 is 1.50. The highest BCUT2D eigenvalue weighted by molar-refractivity contribution is 7.98. The van der Waals surface area contributed by atoms with Crippen LogP contribution < -0.4 is 5.32 Å². The van der Waals surface area contributed by atoms with Crippen molar-refractivity contribution in [2.24, 2.45) is 0 Å². The van der Waals surface area contributed by atoms with Gasteiger partial charge in [0, 0.05) is 30.3 Å². The summed E-state index contributed by atoms with van der Waals surface area (Å²) in [6.45, 7) is 0.616. The Morgan fingerprint density at radius 1 is 1.20 bits per heavy atom. The summed E-state index contributed by atoms with van der Waals surface area (Å²) in [6.07, 6.45) is 7.77. The Labute approximate surface area is 149 Å². The summed E-state index contributed by atoms with van der Waals surface area (Å²) in [5.74, 6) is 0.685. The number of thioether (sulfide) groups is 1. The largest absolute Gasteiger partial charge is 0.311 e. The second-order valence-electron chi connectivity index (χ2n) is 5.90. The number of hydrogen-bond acceptors (Lipinski definition) is 5. The molecule has 0 saturated heterocycles. The van der Waals surface area contributed by atoms with Gasteiger partial charge in [-0.2, -0.15) is 5.10 Å². The lowest BCUT2D eigenvalue weighted by molar-refractivity contribution is -0.116. The molecule has 3 heterocycles. The predicted octanol–water partition coefficient (Wildman–Crippen LogP) is 2.92. The first-order valence-electron chi connectivity index (χ1n) is 8.00. The molecule has 1 aliphatic rings. The normalized spacial score (nSPS) is 16.4. The fourth-order valence-corrected chi connectivity index (χ4v) is 3.37. The number of nitrogens with zero attached hydrogens (tertiary/aromatic N) is 4. The van der Waals surface area contributed by atoms with Crippen molar-refractivity contribution in [2.75, 3.05) is 11.6 Å². The number of anilines is 1. The van der Waals surface area contributed by atoms with Crippen LogP contribution in [0.25, 0.3) is 0 Å². The fraction of sp³-hybridized carbons (Fsp3) is 0.222. The van der Waals surface area contributed by atoms with Gasteiger partial charge in [0.25, 0.3) is 0 Å². The Balaban J connectivity index is 1.68. The van der Waals surface area contributed by atoms with Gasteiger partial charge in [-0.1, -0.05) is 42.1 Å². The van der Waals surface area contributed by atoms with Gasteiger partial charge >= 0.3 is 0 Å². The van der Waals surface area contributed by atoms with Gasteiger partial charge < -0.3 is 5.32 Å². The van der Waals surface area contributed by atoms with Crippen LogP contribution in [0.15, 0.2) is 54.1 Å². The molecule has 25 heavy (non-hydrogen) atoms. The Morgan fingerprint density at radius 2 is 1.96 bits per heavy atom. The molecule has 0 radical (unpaired) electrons. The smallest absolute Gasteiger partial charge is 0.226 e. The van der Waals surface area contributed by atoms with E-state index >= 15 is 0 Å². The van der Waals surface area contributed by atoms with Gasteiger partial charge in [-0.05, 0) is 17.4 Å². The summed E-state index contributed by atoms with van der Waals surface area (Å²) < 4.78 is 1.84. The summed E-state index contributed by atoms with van der Waals surface area (Å²) in [5, 5.41) is 8.19. The van der Waals surface area contributed by atoms with Crippen LogP contribution in [0.4, 0.5) is 5.82 Å². The topological polar surface area (TPSA) is 72.7 Å². The molecule has 1 amide bonds. The Kier molecular flexibility index (Phi) is 4.23. The number of rotatable bonds is 4. The Bertz CT molecular complexity index is 892. The second kappa shape index (κ2) is 6.68. The van der Waals surface area contributed by atoms with Crippen LogP contribution in [0.5, 0.6) is 0 Å². The van der Waals surface area contributed by atoms with E-state index in [1.807, 2.05) is 47.5 Å². The average molecular weight is 351 g/mol. The van der Waals surface area contributed by atoms with E-state index in [2.05, 4.69) is 20.4 Å². The number of hydrogen-bond donors (Lipinski definition) is 1. The highest BCUT2D eigenvalue weighted by Gasteiger charge is 2.30. The van der Waals surface area contributed by atoms with Crippen molar-refractivity contribution in [3.05, 3.63) is 65.6 Å². The van der Waals surface area contributed by atoms with Crippen LogP contribution in [0, 0.1) is 0 Å². The second-order valence-corrected chi connectivity index (χ2v) is 6.67. The molecule has 0 bridgehead atoms. The molecule has 0 aliphatic carbocycles. The lowest BCUT2D eigenvalue weighted by Gasteiger charge is -2.23. The molecule has 1 atom stereocenters. The number of aromatic nitrogens is 4.